The Morgan fingerprint density at radius 3 is 1.20 bits per heavy atom. The highest BCUT2D eigenvalue weighted by Crippen LogP contribution is 2.53. The van der Waals surface area contributed by atoms with Crippen LogP contribution in [0, 0.1) is 0 Å². The van der Waals surface area contributed by atoms with Crippen LogP contribution in [0.1, 0.15) is 32.8 Å². The molecular formula is C34H32F4I2O3S2. The SMILES string of the molecule is COc1ccc(C(SOSC(c2ccc(OC)cc2)C(F)(F)C(I)Cc2ccccc2)C(F)(F)C(I)Cc2ccccc2)cc1. The molecule has 0 aliphatic rings. The van der Waals surface area contributed by atoms with Gasteiger partial charge in [0.2, 0.25) is 0 Å². The molecule has 0 radical (unpaired) electrons. The summed E-state index contributed by atoms with van der Waals surface area (Å²) >= 11 is 4.55. The van der Waals surface area contributed by atoms with Gasteiger partial charge in [0, 0.05) is 24.1 Å². The molecule has 0 spiro atoms. The van der Waals surface area contributed by atoms with Crippen LogP contribution in [0.3, 0.4) is 0 Å². The number of ether oxygens (including phenoxy) is 2. The van der Waals surface area contributed by atoms with Gasteiger partial charge >= 0.3 is 0 Å². The van der Waals surface area contributed by atoms with Gasteiger partial charge in [-0.15, -0.1) is 0 Å². The highest BCUT2D eigenvalue weighted by molar-refractivity contribution is 14.1. The van der Waals surface area contributed by atoms with E-state index in [1.54, 1.807) is 118 Å². The zero-order valence-electron chi connectivity index (χ0n) is 24.4. The molecule has 0 amide bonds. The Morgan fingerprint density at radius 2 is 0.889 bits per heavy atom. The zero-order chi connectivity index (χ0) is 32.5. The number of benzene rings is 4. The first-order valence-electron chi connectivity index (χ1n) is 13.9. The van der Waals surface area contributed by atoms with Crippen LogP contribution in [0.15, 0.2) is 109 Å². The van der Waals surface area contributed by atoms with Gasteiger partial charge in [-0.25, -0.2) is 21.2 Å². The number of hydrogen-bond acceptors (Lipinski definition) is 5. The molecule has 0 bridgehead atoms. The standard InChI is InChI=1S/C34H32F4I2O3S2/c1-41-27-17-13-25(14-18-27)31(33(35,36)29(39)21-23-9-5-3-6-10-23)44-43-45-32(26-15-19-28(42-2)20-16-26)34(37,38)30(40)22-24-11-7-4-8-12-24/h3-20,29-32H,21-22H2,1-2H3. The molecule has 0 aromatic heterocycles. The molecule has 4 atom stereocenters. The molecule has 0 saturated heterocycles. The molecule has 4 aromatic rings. The highest BCUT2D eigenvalue weighted by Gasteiger charge is 2.50. The smallest absolute Gasteiger partial charge is 0.277 e. The maximum absolute atomic E-state index is 16.3. The van der Waals surface area contributed by atoms with E-state index in [9.17, 15) is 0 Å². The average molecular weight is 883 g/mol. The van der Waals surface area contributed by atoms with E-state index < -0.39 is 30.2 Å². The van der Waals surface area contributed by atoms with E-state index in [1.807, 2.05) is 36.4 Å². The Bertz CT molecular complexity index is 1340. The van der Waals surface area contributed by atoms with Crippen LogP contribution in [0.25, 0.3) is 0 Å². The molecule has 45 heavy (non-hydrogen) atoms. The predicted octanol–water partition coefficient (Wildman–Crippen LogP) is 11.2. The summed E-state index contributed by atoms with van der Waals surface area (Å²) < 4.78 is 79.0. The van der Waals surface area contributed by atoms with Gasteiger partial charge in [-0.2, -0.15) is 0 Å². The van der Waals surface area contributed by atoms with Gasteiger partial charge in [0.1, 0.15) is 22.0 Å². The monoisotopic (exact) mass is 882 g/mol. The summed E-state index contributed by atoms with van der Waals surface area (Å²) in [7, 11) is 2.99. The Hall–Kier alpha value is -1.68. The summed E-state index contributed by atoms with van der Waals surface area (Å²) in [5, 5.41) is -2.96. The molecule has 3 nitrogen and oxygen atoms in total. The zero-order valence-corrected chi connectivity index (χ0v) is 30.4. The van der Waals surface area contributed by atoms with E-state index in [0.717, 1.165) is 11.1 Å². The quantitative estimate of drug-likeness (QED) is 0.0484. The van der Waals surface area contributed by atoms with Crippen LogP contribution in [-0.4, -0.2) is 33.9 Å². The maximum Gasteiger partial charge on any atom is 0.277 e. The number of alkyl halides is 6. The molecule has 4 unspecified atom stereocenters. The molecule has 0 fully saturated rings. The van der Waals surface area contributed by atoms with Crippen molar-refractivity contribution in [2.45, 2.75) is 43.0 Å². The minimum Gasteiger partial charge on any atom is -0.497 e. The van der Waals surface area contributed by atoms with E-state index in [0.29, 0.717) is 46.7 Å². The number of halogens is 6. The van der Waals surface area contributed by atoms with Crippen LogP contribution in [-0.2, 0) is 16.5 Å². The van der Waals surface area contributed by atoms with Crippen LogP contribution >= 0.6 is 69.3 Å². The van der Waals surface area contributed by atoms with E-state index in [2.05, 4.69) is 0 Å². The number of rotatable bonds is 16. The van der Waals surface area contributed by atoms with Crippen molar-refractivity contribution in [1.29, 1.82) is 0 Å². The summed E-state index contributed by atoms with van der Waals surface area (Å²) in [6.07, 6.45) is 0.245. The van der Waals surface area contributed by atoms with Gasteiger partial charge in [-0.1, -0.05) is 130 Å². The van der Waals surface area contributed by atoms with E-state index in [1.165, 1.54) is 14.2 Å². The fraction of sp³-hybridized carbons (Fsp3) is 0.294. The summed E-state index contributed by atoms with van der Waals surface area (Å²) in [4.78, 5) is 0. The van der Waals surface area contributed by atoms with Gasteiger partial charge in [-0.05, 0) is 59.4 Å². The third-order valence-corrected chi connectivity index (χ3v) is 11.9. The van der Waals surface area contributed by atoms with Gasteiger partial charge in [0.15, 0.2) is 0 Å². The lowest BCUT2D eigenvalue weighted by molar-refractivity contribution is -0.000692. The van der Waals surface area contributed by atoms with E-state index >= 15 is 17.6 Å². The lowest BCUT2D eigenvalue weighted by Crippen LogP contribution is -2.37. The highest BCUT2D eigenvalue weighted by atomic mass is 127. The van der Waals surface area contributed by atoms with E-state index in [-0.39, 0.29) is 12.8 Å². The average Bonchev–Trinajstić information content (AvgIpc) is 3.05. The number of methoxy groups -OCH3 is 2. The van der Waals surface area contributed by atoms with Crippen molar-refractivity contribution in [3.63, 3.8) is 0 Å². The van der Waals surface area contributed by atoms with E-state index in [4.69, 9.17) is 13.1 Å². The molecule has 11 heteroatoms. The van der Waals surface area contributed by atoms with Crippen molar-refractivity contribution in [3.05, 3.63) is 131 Å². The molecule has 4 rings (SSSR count). The third-order valence-electron chi connectivity index (χ3n) is 7.16. The lowest BCUT2D eigenvalue weighted by Gasteiger charge is -2.32. The summed E-state index contributed by atoms with van der Waals surface area (Å²) in [6.45, 7) is 0. The third kappa shape index (κ3) is 9.68. The van der Waals surface area contributed by atoms with Crippen molar-refractivity contribution in [2.75, 3.05) is 14.2 Å². The molecule has 0 heterocycles. The van der Waals surface area contributed by atoms with Crippen molar-refractivity contribution < 1.29 is 30.7 Å². The molecule has 0 aliphatic heterocycles. The van der Waals surface area contributed by atoms with Crippen molar-refractivity contribution in [1.82, 2.24) is 0 Å². The second-order valence-corrected chi connectivity index (χ2v) is 15.1. The van der Waals surface area contributed by atoms with Gasteiger partial charge in [0.25, 0.3) is 11.8 Å². The summed E-state index contributed by atoms with van der Waals surface area (Å²) in [5.74, 6) is -5.51. The normalized spacial score (nSPS) is 14.8. The fourth-order valence-electron chi connectivity index (χ4n) is 4.59. The molecule has 0 N–H and O–H groups in total. The van der Waals surface area contributed by atoms with Gasteiger partial charge < -0.3 is 9.47 Å². The summed E-state index contributed by atoms with van der Waals surface area (Å²) in [6, 6.07) is 30.8. The molecule has 0 aliphatic carbocycles. The number of hydrogen-bond donors (Lipinski definition) is 0. The minimum absolute atomic E-state index is 0.122. The largest absolute Gasteiger partial charge is 0.497 e. The second-order valence-electron chi connectivity index (χ2n) is 10.2. The van der Waals surface area contributed by atoms with Crippen LogP contribution in [0.5, 0.6) is 11.5 Å². The van der Waals surface area contributed by atoms with Crippen molar-refractivity contribution >= 4 is 69.3 Å². The minimum atomic E-state index is -3.27. The molecule has 0 saturated carbocycles. The Balaban J connectivity index is 1.60. The van der Waals surface area contributed by atoms with Crippen molar-refractivity contribution in [3.8, 4) is 11.5 Å². The Labute approximate surface area is 297 Å². The maximum atomic E-state index is 16.3. The Kier molecular flexibility index (Phi) is 13.6. The lowest BCUT2D eigenvalue weighted by atomic mass is 9.99. The van der Waals surface area contributed by atoms with Crippen LogP contribution in [0.4, 0.5) is 17.6 Å². The second kappa shape index (κ2) is 16.9. The predicted molar refractivity (Wildman–Crippen MR) is 194 cm³/mol. The topological polar surface area (TPSA) is 27.7 Å². The first-order chi connectivity index (χ1) is 21.6. The fourth-order valence-corrected chi connectivity index (χ4v) is 8.74. The molecule has 240 valence electrons. The van der Waals surface area contributed by atoms with Gasteiger partial charge in [-0.3, -0.25) is 0 Å². The summed E-state index contributed by atoms with van der Waals surface area (Å²) in [5.41, 5.74) is 2.14. The molecule has 4 aromatic carbocycles. The molecular weight excluding hydrogens is 850 g/mol. The van der Waals surface area contributed by atoms with Gasteiger partial charge in [0.05, 0.1) is 22.1 Å². The Morgan fingerprint density at radius 1 is 0.556 bits per heavy atom. The van der Waals surface area contributed by atoms with Crippen LogP contribution < -0.4 is 9.47 Å². The first-order valence-corrected chi connectivity index (χ1v) is 18.0. The first kappa shape index (κ1) is 36.2. The van der Waals surface area contributed by atoms with Crippen LogP contribution in [0.2, 0.25) is 0 Å². The van der Waals surface area contributed by atoms with Crippen molar-refractivity contribution in [2.24, 2.45) is 0 Å².